The van der Waals surface area contributed by atoms with Crippen LogP contribution in [0.4, 0.5) is 0 Å². The topological polar surface area (TPSA) is 66.9 Å². The smallest absolute Gasteiger partial charge is 0.337 e. The highest BCUT2D eigenvalue weighted by molar-refractivity contribution is 6.33. The van der Waals surface area contributed by atoms with E-state index in [9.17, 15) is 14.4 Å². The van der Waals surface area contributed by atoms with Crippen molar-refractivity contribution >= 4 is 29.4 Å². The highest BCUT2D eigenvalue weighted by Crippen LogP contribution is 2.19. The molecule has 1 saturated heterocycles. The highest BCUT2D eigenvalue weighted by Gasteiger charge is 2.25. The minimum Gasteiger partial charge on any atom is -0.465 e. The van der Waals surface area contributed by atoms with Crippen LogP contribution in [-0.2, 0) is 16.1 Å². The Kier molecular flexibility index (Phi) is 6.31. The lowest BCUT2D eigenvalue weighted by molar-refractivity contribution is -0.130. The monoisotopic (exact) mass is 400 g/mol. The van der Waals surface area contributed by atoms with Crippen molar-refractivity contribution in [3.8, 4) is 0 Å². The van der Waals surface area contributed by atoms with Gasteiger partial charge in [0.25, 0.3) is 5.91 Å². The molecule has 0 bridgehead atoms. The van der Waals surface area contributed by atoms with Gasteiger partial charge < -0.3 is 14.5 Å². The van der Waals surface area contributed by atoms with E-state index < -0.39 is 5.97 Å². The third-order valence-electron chi connectivity index (χ3n) is 4.73. The molecule has 0 aliphatic carbocycles. The summed E-state index contributed by atoms with van der Waals surface area (Å²) in [6, 6.07) is 13.9. The van der Waals surface area contributed by atoms with E-state index in [0.29, 0.717) is 42.3 Å². The van der Waals surface area contributed by atoms with Gasteiger partial charge in [-0.3, -0.25) is 9.59 Å². The predicted octanol–water partition coefficient (Wildman–Crippen LogP) is 3.00. The number of nitrogens with zero attached hydrogens (tertiary/aromatic N) is 2. The van der Waals surface area contributed by atoms with Gasteiger partial charge in [0, 0.05) is 32.6 Å². The molecule has 6 nitrogen and oxygen atoms in total. The van der Waals surface area contributed by atoms with Gasteiger partial charge in [-0.2, -0.15) is 0 Å². The van der Waals surface area contributed by atoms with Gasteiger partial charge in [0.2, 0.25) is 5.91 Å². The number of rotatable bonds is 4. The standard InChI is InChI=1S/C21H21ClN2O4/c1-28-21(27)16-8-6-15(7-9-16)14-24-13-12-23(11-10-19(24)25)20(26)17-4-2-3-5-18(17)22/h2-9H,10-14H2,1H3. The molecule has 0 aromatic heterocycles. The lowest BCUT2D eigenvalue weighted by atomic mass is 10.1. The number of carbonyl (C=O) groups excluding carboxylic acids is 3. The molecule has 0 saturated carbocycles. The van der Waals surface area contributed by atoms with Gasteiger partial charge in [-0.25, -0.2) is 4.79 Å². The normalized spacial score (nSPS) is 14.6. The molecule has 2 amide bonds. The van der Waals surface area contributed by atoms with Gasteiger partial charge in [0.1, 0.15) is 0 Å². The fraction of sp³-hybridized carbons (Fsp3) is 0.286. The molecule has 0 atom stereocenters. The molecule has 1 heterocycles. The van der Waals surface area contributed by atoms with Crippen molar-refractivity contribution in [3.05, 3.63) is 70.2 Å². The Balaban J connectivity index is 1.66. The number of methoxy groups -OCH3 is 1. The summed E-state index contributed by atoms with van der Waals surface area (Å²) in [7, 11) is 1.34. The third kappa shape index (κ3) is 4.51. The van der Waals surface area contributed by atoms with Crippen LogP contribution in [0, 0.1) is 0 Å². The number of benzene rings is 2. The SMILES string of the molecule is COC(=O)c1ccc(CN2CCN(C(=O)c3ccccc3Cl)CCC2=O)cc1. The third-order valence-corrected chi connectivity index (χ3v) is 5.06. The van der Waals surface area contributed by atoms with Gasteiger partial charge in [-0.1, -0.05) is 35.9 Å². The van der Waals surface area contributed by atoms with Crippen molar-refractivity contribution in [2.24, 2.45) is 0 Å². The zero-order valence-electron chi connectivity index (χ0n) is 15.6. The van der Waals surface area contributed by atoms with Crippen LogP contribution in [0.25, 0.3) is 0 Å². The summed E-state index contributed by atoms with van der Waals surface area (Å²) in [5.74, 6) is -0.569. The van der Waals surface area contributed by atoms with E-state index >= 15 is 0 Å². The summed E-state index contributed by atoms with van der Waals surface area (Å²) in [5, 5.41) is 0.408. The molecule has 0 unspecified atom stereocenters. The number of ether oxygens (including phenoxy) is 1. The van der Waals surface area contributed by atoms with E-state index in [4.69, 9.17) is 11.6 Å². The molecule has 2 aromatic carbocycles. The second kappa shape index (κ2) is 8.89. The summed E-state index contributed by atoms with van der Waals surface area (Å²) in [4.78, 5) is 40.2. The maximum Gasteiger partial charge on any atom is 0.337 e. The zero-order valence-corrected chi connectivity index (χ0v) is 16.3. The Hall–Kier alpha value is -2.86. The van der Waals surface area contributed by atoms with E-state index in [-0.39, 0.29) is 18.2 Å². The molecule has 1 aliphatic rings. The Morgan fingerprint density at radius 2 is 1.75 bits per heavy atom. The largest absolute Gasteiger partial charge is 0.465 e. The van der Waals surface area contributed by atoms with Crippen molar-refractivity contribution in [3.63, 3.8) is 0 Å². The van der Waals surface area contributed by atoms with Crippen molar-refractivity contribution in [1.29, 1.82) is 0 Å². The Bertz CT molecular complexity index is 882. The number of esters is 1. The van der Waals surface area contributed by atoms with Crippen molar-refractivity contribution in [1.82, 2.24) is 9.80 Å². The van der Waals surface area contributed by atoms with Gasteiger partial charge in [0.05, 0.1) is 23.3 Å². The summed E-state index contributed by atoms with van der Waals surface area (Å²) >= 11 is 6.13. The molecular weight excluding hydrogens is 380 g/mol. The first-order valence-electron chi connectivity index (χ1n) is 8.98. The van der Waals surface area contributed by atoms with Crippen LogP contribution in [0.1, 0.15) is 32.7 Å². The quantitative estimate of drug-likeness (QED) is 0.740. The van der Waals surface area contributed by atoms with Gasteiger partial charge in [-0.15, -0.1) is 0 Å². The molecule has 0 spiro atoms. The molecule has 146 valence electrons. The Morgan fingerprint density at radius 1 is 1.04 bits per heavy atom. The van der Waals surface area contributed by atoms with Gasteiger partial charge >= 0.3 is 5.97 Å². The molecular formula is C21H21ClN2O4. The second-order valence-electron chi connectivity index (χ2n) is 6.53. The van der Waals surface area contributed by atoms with E-state index in [0.717, 1.165) is 5.56 Å². The van der Waals surface area contributed by atoms with Crippen molar-refractivity contribution in [2.45, 2.75) is 13.0 Å². The maximum absolute atomic E-state index is 12.7. The first-order chi connectivity index (χ1) is 13.5. The lowest BCUT2D eigenvalue weighted by Gasteiger charge is -2.22. The molecule has 0 N–H and O–H groups in total. The number of hydrogen-bond donors (Lipinski definition) is 0. The molecule has 0 radical (unpaired) electrons. The van der Waals surface area contributed by atoms with Gasteiger partial charge in [0.15, 0.2) is 0 Å². The number of halogens is 1. The summed E-state index contributed by atoms with van der Waals surface area (Å²) in [6.07, 6.45) is 0.260. The van der Waals surface area contributed by atoms with Crippen LogP contribution < -0.4 is 0 Å². The zero-order chi connectivity index (χ0) is 20.1. The average Bonchev–Trinajstić information content (AvgIpc) is 2.90. The molecule has 28 heavy (non-hydrogen) atoms. The number of carbonyl (C=O) groups is 3. The second-order valence-corrected chi connectivity index (χ2v) is 6.93. The van der Waals surface area contributed by atoms with E-state index in [1.165, 1.54) is 7.11 Å². The summed E-state index contributed by atoms with van der Waals surface area (Å²) < 4.78 is 4.69. The highest BCUT2D eigenvalue weighted by atomic mass is 35.5. The summed E-state index contributed by atoms with van der Waals surface area (Å²) in [5.41, 5.74) is 1.82. The number of hydrogen-bond acceptors (Lipinski definition) is 4. The van der Waals surface area contributed by atoms with Crippen molar-refractivity contribution < 1.29 is 19.1 Å². The first kappa shape index (κ1) is 19.9. The molecule has 3 rings (SSSR count). The molecule has 1 aliphatic heterocycles. The van der Waals surface area contributed by atoms with Crippen LogP contribution in [0.5, 0.6) is 0 Å². The van der Waals surface area contributed by atoms with Crippen LogP contribution in [-0.4, -0.2) is 54.3 Å². The van der Waals surface area contributed by atoms with Crippen LogP contribution in [0.3, 0.4) is 0 Å². The van der Waals surface area contributed by atoms with Crippen LogP contribution in [0.2, 0.25) is 5.02 Å². The fourth-order valence-corrected chi connectivity index (χ4v) is 3.34. The first-order valence-corrected chi connectivity index (χ1v) is 9.36. The van der Waals surface area contributed by atoms with Crippen LogP contribution >= 0.6 is 11.6 Å². The minimum absolute atomic E-state index is 0.00787. The average molecular weight is 401 g/mol. The van der Waals surface area contributed by atoms with E-state index in [1.807, 2.05) is 0 Å². The van der Waals surface area contributed by atoms with Gasteiger partial charge in [-0.05, 0) is 29.8 Å². The minimum atomic E-state index is -0.397. The Labute approximate surface area is 168 Å². The maximum atomic E-state index is 12.7. The van der Waals surface area contributed by atoms with E-state index in [1.54, 1.807) is 58.3 Å². The van der Waals surface area contributed by atoms with Crippen molar-refractivity contribution in [2.75, 3.05) is 26.7 Å². The van der Waals surface area contributed by atoms with Crippen LogP contribution in [0.15, 0.2) is 48.5 Å². The predicted molar refractivity (Wildman–Crippen MR) is 105 cm³/mol. The lowest BCUT2D eigenvalue weighted by Crippen LogP contribution is -2.35. The molecule has 7 heteroatoms. The van der Waals surface area contributed by atoms with E-state index in [2.05, 4.69) is 4.74 Å². The summed E-state index contributed by atoms with van der Waals surface area (Å²) in [6.45, 7) is 1.67. The molecule has 2 aromatic rings. The molecule has 1 fully saturated rings. The Morgan fingerprint density at radius 3 is 2.43 bits per heavy atom. The number of amides is 2. The fourth-order valence-electron chi connectivity index (χ4n) is 3.13.